The van der Waals surface area contributed by atoms with Gasteiger partial charge >= 0.3 is 17.8 Å². The highest BCUT2D eigenvalue weighted by Crippen LogP contribution is 2.25. The highest BCUT2D eigenvalue weighted by molar-refractivity contribution is 5.77. The summed E-state index contributed by atoms with van der Waals surface area (Å²) >= 11 is 0. The molecular weight excluding hydrogens is 553 g/mol. The summed E-state index contributed by atoms with van der Waals surface area (Å²) in [6.07, 6.45) is 2.01. The average molecular weight is 599 g/mol. The third kappa shape index (κ3) is 11.5. The zero-order chi connectivity index (χ0) is 31.2. The molecule has 2 N–H and O–H groups in total. The molecule has 1 unspecified atom stereocenters. The van der Waals surface area contributed by atoms with Crippen molar-refractivity contribution in [1.29, 1.82) is 0 Å². The number of carboxylic acids is 1. The first-order chi connectivity index (χ1) is 19.9. The molecule has 2 aromatic rings. The second kappa shape index (κ2) is 17.0. The minimum Gasteiger partial charge on any atom is -0.478 e. The molecule has 0 aliphatic carbocycles. The van der Waals surface area contributed by atoms with E-state index < -0.39 is 35.4 Å². The third-order valence-electron chi connectivity index (χ3n) is 7.04. The number of nitrogens with zero attached hydrogens (tertiary/aromatic N) is 3. The fourth-order valence-corrected chi connectivity index (χ4v) is 4.68. The zero-order valence-corrected chi connectivity index (χ0v) is 25.0. The Labute approximate surface area is 245 Å². The van der Waals surface area contributed by atoms with Gasteiger partial charge in [0.25, 0.3) is 5.56 Å². The number of ether oxygens (including phenoxy) is 1. The van der Waals surface area contributed by atoms with Gasteiger partial charge in [-0.05, 0) is 63.1 Å². The van der Waals surface area contributed by atoms with Gasteiger partial charge in [0.05, 0.1) is 0 Å². The SMILES string of the molecule is CCCCCCCn1nc(NCCCCc2cccc(OC(C)(CCC)C(=O)O)c2)c(=O)n(CCCC(F)(F)F)c1=O. The molecule has 1 aromatic carbocycles. The van der Waals surface area contributed by atoms with Gasteiger partial charge in [-0.1, -0.05) is 58.1 Å². The standard InChI is InChI=1S/C30H45F3N4O5/c1-4-6-7-8-11-21-37-28(41)36(20-13-18-30(31,32)33)26(38)25(35-37)34-19-10-9-14-23-15-12-16-24(22-23)42-29(3,17-5-2)27(39)40/h12,15-16,22H,4-11,13-14,17-21H2,1-3H3,(H,34,35)(H,39,40). The van der Waals surface area contributed by atoms with E-state index in [0.717, 1.165) is 42.2 Å². The van der Waals surface area contributed by atoms with Crippen LogP contribution in [0.3, 0.4) is 0 Å². The molecule has 2 rings (SSSR count). The zero-order valence-electron chi connectivity index (χ0n) is 25.0. The number of aromatic nitrogens is 3. The van der Waals surface area contributed by atoms with E-state index in [0.29, 0.717) is 44.4 Å². The van der Waals surface area contributed by atoms with Crippen molar-refractivity contribution in [3.05, 3.63) is 50.7 Å². The van der Waals surface area contributed by atoms with Crippen molar-refractivity contribution < 1.29 is 27.8 Å². The van der Waals surface area contributed by atoms with Crippen LogP contribution in [0.1, 0.15) is 97.0 Å². The Morgan fingerprint density at radius 2 is 1.71 bits per heavy atom. The predicted octanol–water partition coefficient (Wildman–Crippen LogP) is 6.17. The number of hydrogen-bond donors (Lipinski definition) is 2. The lowest BCUT2D eigenvalue weighted by molar-refractivity contribution is -0.154. The fraction of sp³-hybridized carbons (Fsp3) is 0.667. The van der Waals surface area contributed by atoms with Gasteiger partial charge in [0, 0.05) is 26.1 Å². The van der Waals surface area contributed by atoms with Crippen LogP contribution < -0.4 is 21.3 Å². The molecule has 0 fully saturated rings. The van der Waals surface area contributed by atoms with Crippen molar-refractivity contribution in [2.45, 2.75) is 123 Å². The number of carboxylic acid groups (broad SMARTS) is 1. The van der Waals surface area contributed by atoms with Crippen LogP contribution in [0.25, 0.3) is 0 Å². The molecule has 0 amide bonds. The summed E-state index contributed by atoms with van der Waals surface area (Å²) in [6.45, 7) is 5.89. The molecule has 0 aliphatic heterocycles. The number of carbonyl (C=O) groups is 1. The lowest BCUT2D eigenvalue weighted by Crippen LogP contribution is -2.43. The maximum atomic E-state index is 12.9. The van der Waals surface area contributed by atoms with E-state index in [4.69, 9.17) is 4.74 Å². The van der Waals surface area contributed by atoms with Crippen LogP contribution in [0.4, 0.5) is 19.0 Å². The molecule has 1 heterocycles. The van der Waals surface area contributed by atoms with Crippen molar-refractivity contribution in [1.82, 2.24) is 14.3 Å². The molecule has 0 radical (unpaired) electrons. The first kappa shape index (κ1) is 34.9. The molecule has 12 heteroatoms. The van der Waals surface area contributed by atoms with E-state index in [9.17, 15) is 32.7 Å². The average Bonchev–Trinajstić information content (AvgIpc) is 2.92. The van der Waals surface area contributed by atoms with Gasteiger partial charge in [-0.15, -0.1) is 5.10 Å². The number of anilines is 1. The van der Waals surface area contributed by atoms with E-state index in [-0.39, 0.29) is 25.3 Å². The highest BCUT2D eigenvalue weighted by atomic mass is 19.4. The van der Waals surface area contributed by atoms with Crippen LogP contribution in [0, 0.1) is 0 Å². The largest absolute Gasteiger partial charge is 0.478 e. The summed E-state index contributed by atoms with van der Waals surface area (Å²) < 4.78 is 45.9. The summed E-state index contributed by atoms with van der Waals surface area (Å²) in [5, 5.41) is 16.8. The summed E-state index contributed by atoms with van der Waals surface area (Å²) in [5.74, 6) is -0.581. The maximum absolute atomic E-state index is 12.9. The molecule has 9 nitrogen and oxygen atoms in total. The van der Waals surface area contributed by atoms with Crippen molar-refractivity contribution >= 4 is 11.8 Å². The molecule has 0 bridgehead atoms. The molecular formula is C30H45F3N4O5. The number of unbranched alkanes of at least 4 members (excludes halogenated alkanes) is 5. The molecule has 42 heavy (non-hydrogen) atoms. The van der Waals surface area contributed by atoms with Crippen LogP contribution in [-0.4, -0.2) is 43.7 Å². The Morgan fingerprint density at radius 1 is 0.976 bits per heavy atom. The summed E-state index contributed by atoms with van der Waals surface area (Å²) in [4.78, 5) is 37.5. The Bertz CT molecular complexity index is 1240. The Hall–Kier alpha value is -3.31. The second-order valence-electron chi connectivity index (χ2n) is 10.9. The first-order valence-corrected chi connectivity index (χ1v) is 14.9. The van der Waals surface area contributed by atoms with Gasteiger partial charge in [-0.25, -0.2) is 14.3 Å². The fourth-order valence-electron chi connectivity index (χ4n) is 4.68. The topological polar surface area (TPSA) is 115 Å². The molecule has 0 spiro atoms. The van der Waals surface area contributed by atoms with E-state index in [1.54, 1.807) is 13.0 Å². The van der Waals surface area contributed by atoms with E-state index in [1.165, 1.54) is 4.68 Å². The van der Waals surface area contributed by atoms with Crippen LogP contribution >= 0.6 is 0 Å². The first-order valence-electron chi connectivity index (χ1n) is 14.9. The van der Waals surface area contributed by atoms with Gasteiger partial charge in [0.2, 0.25) is 11.4 Å². The number of aliphatic carboxylic acids is 1. The number of alkyl halides is 3. The van der Waals surface area contributed by atoms with Gasteiger partial charge in [-0.2, -0.15) is 13.2 Å². The van der Waals surface area contributed by atoms with Crippen molar-refractivity contribution in [2.75, 3.05) is 11.9 Å². The van der Waals surface area contributed by atoms with Crippen LogP contribution in [0.2, 0.25) is 0 Å². The number of aryl methyl sites for hydroxylation is 2. The number of hydrogen-bond acceptors (Lipinski definition) is 6. The Morgan fingerprint density at radius 3 is 2.38 bits per heavy atom. The summed E-state index contributed by atoms with van der Waals surface area (Å²) in [6, 6.07) is 7.29. The smallest absolute Gasteiger partial charge is 0.389 e. The Balaban J connectivity index is 2.03. The summed E-state index contributed by atoms with van der Waals surface area (Å²) in [7, 11) is 0. The lowest BCUT2D eigenvalue weighted by atomic mass is 10.0. The number of rotatable bonds is 20. The van der Waals surface area contributed by atoms with Gasteiger partial charge in [0.1, 0.15) is 5.75 Å². The van der Waals surface area contributed by atoms with Gasteiger partial charge < -0.3 is 15.2 Å². The third-order valence-corrected chi connectivity index (χ3v) is 7.04. The quantitative estimate of drug-likeness (QED) is 0.175. The van der Waals surface area contributed by atoms with Crippen molar-refractivity contribution in [3.8, 4) is 5.75 Å². The van der Waals surface area contributed by atoms with Crippen molar-refractivity contribution in [3.63, 3.8) is 0 Å². The van der Waals surface area contributed by atoms with Crippen molar-refractivity contribution in [2.24, 2.45) is 0 Å². The van der Waals surface area contributed by atoms with Crippen LogP contribution in [-0.2, 0) is 24.3 Å². The molecule has 236 valence electrons. The van der Waals surface area contributed by atoms with Gasteiger partial charge in [0.15, 0.2) is 0 Å². The second-order valence-corrected chi connectivity index (χ2v) is 10.9. The molecule has 0 saturated carbocycles. The maximum Gasteiger partial charge on any atom is 0.389 e. The minimum atomic E-state index is -4.37. The normalized spacial score (nSPS) is 13.1. The molecule has 0 saturated heterocycles. The molecule has 0 aliphatic rings. The lowest BCUT2D eigenvalue weighted by Gasteiger charge is -2.26. The number of benzene rings is 1. The van der Waals surface area contributed by atoms with E-state index in [1.807, 2.05) is 25.1 Å². The number of halogens is 3. The minimum absolute atomic E-state index is 0.0468. The monoisotopic (exact) mass is 598 g/mol. The highest BCUT2D eigenvalue weighted by Gasteiger charge is 2.34. The predicted molar refractivity (Wildman–Crippen MR) is 156 cm³/mol. The molecule has 1 aromatic heterocycles. The molecule has 1 atom stereocenters. The van der Waals surface area contributed by atoms with Crippen LogP contribution in [0.15, 0.2) is 33.9 Å². The summed E-state index contributed by atoms with van der Waals surface area (Å²) in [5.41, 5.74) is -1.75. The number of nitrogens with one attached hydrogen (secondary N) is 1. The van der Waals surface area contributed by atoms with Gasteiger partial charge in [-0.3, -0.25) is 9.36 Å². The van der Waals surface area contributed by atoms with E-state index in [2.05, 4.69) is 17.3 Å². The van der Waals surface area contributed by atoms with Crippen LogP contribution in [0.5, 0.6) is 5.75 Å². The van der Waals surface area contributed by atoms with E-state index >= 15 is 0 Å². The Kier molecular flexibility index (Phi) is 14.1.